The summed E-state index contributed by atoms with van der Waals surface area (Å²) in [4.78, 5) is 4.54. The smallest absolute Gasteiger partial charge is 0.144 e. The van der Waals surface area contributed by atoms with Gasteiger partial charge in [-0.3, -0.25) is 0 Å². The Bertz CT molecular complexity index is 493. The Balaban J connectivity index is 2.17. The Morgan fingerprint density at radius 1 is 1.53 bits per heavy atom. The minimum atomic E-state index is -0.587. The molecule has 19 heavy (non-hydrogen) atoms. The van der Waals surface area contributed by atoms with Crippen molar-refractivity contribution in [1.29, 1.82) is 5.26 Å². The van der Waals surface area contributed by atoms with Gasteiger partial charge in [0.2, 0.25) is 0 Å². The van der Waals surface area contributed by atoms with Gasteiger partial charge >= 0.3 is 0 Å². The number of rotatable bonds is 4. The van der Waals surface area contributed by atoms with E-state index in [1.165, 1.54) is 12.0 Å². The first-order chi connectivity index (χ1) is 9.11. The molecule has 1 heterocycles. The summed E-state index contributed by atoms with van der Waals surface area (Å²) >= 11 is 0. The number of aryl methyl sites for hydroxylation is 2. The van der Waals surface area contributed by atoms with Crippen LogP contribution in [-0.2, 0) is 12.8 Å². The molecule has 0 aliphatic heterocycles. The summed E-state index contributed by atoms with van der Waals surface area (Å²) in [7, 11) is 0. The molecule has 2 atom stereocenters. The van der Waals surface area contributed by atoms with Crippen LogP contribution >= 0.6 is 0 Å². The maximum atomic E-state index is 9.37. The number of aromatic nitrogens is 1. The van der Waals surface area contributed by atoms with Gasteiger partial charge in [0, 0.05) is 18.3 Å². The Kier molecular flexibility index (Phi) is 4.35. The van der Waals surface area contributed by atoms with Crippen LogP contribution in [0.3, 0.4) is 0 Å². The summed E-state index contributed by atoms with van der Waals surface area (Å²) in [6.07, 6.45) is 3.70. The van der Waals surface area contributed by atoms with E-state index in [4.69, 9.17) is 5.73 Å². The molecule has 2 rings (SSSR count). The average Bonchev–Trinajstić information content (AvgIpc) is 2.43. The van der Waals surface area contributed by atoms with Crippen LogP contribution in [0.15, 0.2) is 6.07 Å². The van der Waals surface area contributed by atoms with Gasteiger partial charge in [-0.1, -0.05) is 0 Å². The fourth-order valence-electron chi connectivity index (χ4n) is 2.24. The van der Waals surface area contributed by atoms with Crippen LogP contribution in [0.25, 0.3) is 0 Å². The Morgan fingerprint density at radius 2 is 2.26 bits per heavy atom. The second kappa shape index (κ2) is 6.00. The highest BCUT2D eigenvalue weighted by atomic mass is 16.3. The predicted molar refractivity (Wildman–Crippen MR) is 73.7 cm³/mol. The molecule has 0 saturated carbocycles. The molecule has 0 amide bonds. The molecule has 0 bridgehead atoms. The minimum absolute atomic E-state index is 0.371. The van der Waals surface area contributed by atoms with E-state index in [0.717, 1.165) is 25.0 Å². The van der Waals surface area contributed by atoms with E-state index in [0.29, 0.717) is 17.9 Å². The zero-order valence-electron chi connectivity index (χ0n) is 11.2. The number of pyridine rings is 1. The van der Waals surface area contributed by atoms with Crippen LogP contribution in [0.5, 0.6) is 0 Å². The highest BCUT2D eigenvalue weighted by Gasteiger charge is 2.16. The summed E-state index contributed by atoms with van der Waals surface area (Å²) in [6.45, 7) is 2.05. The quantitative estimate of drug-likeness (QED) is 0.749. The molecule has 2 unspecified atom stereocenters. The number of nitriles is 1. The van der Waals surface area contributed by atoms with Crippen molar-refractivity contribution in [3.05, 3.63) is 22.9 Å². The highest BCUT2D eigenvalue weighted by molar-refractivity contribution is 5.54. The molecule has 1 aromatic heterocycles. The van der Waals surface area contributed by atoms with E-state index in [-0.39, 0.29) is 6.04 Å². The molecule has 5 heteroatoms. The normalized spacial score (nSPS) is 17.2. The van der Waals surface area contributed by atoms with Gasteiger partial charge in [0.05, 0.1) is 11.7 Å². The lowest BCUT2D eigenvalue weighted by Crippen LogP contribution is -2.39. The zero-order chi connectivity index (χ0) is 13.8. The van der Waals surface area contributed by atoms with Crippen molar-refractivity contribution in [3.63, 3.8) is 0 Å². The SMILES string of the molecule is CC(O)C(N)CNc1nc2c(cc1C#N)CCCC2. The third kappa shape index (κ3) is 3.22. The van der Waals surface area contributed by atoms with Crippen molar-refractivity contribution in [3.8, 4) is 6.07 Å². The number of hydrogen-bond donors (Lipinski definition) is 3. The standard InChI is InChI=1S/C14H20N4O/c1-9(19)12(16)8-17-14-11(7-15)6-10-4-2-3-5-13(10)18-14/h6,9,12,19H,2-5,8,16H2,1H3,(H,17,18). The van der Waals surface area contributed by atoms with Crippen molar-refractivity contribution in [2.75, 3.05) is 11.9 Å². The first kappa shape index (κ1) is 13.8. The van der Waals surface area contributed by atoms with E-state index < -0.39 is 6.10 Å². The third-order valence-corrected chi connectivity index (χ3v) is 3.55. The summed E-state index contributed by atoms with van der Waals surface area (Å²) < 4.78 is 0. The molecule has 4 N–H and O–H groups in total. The lowest BCUT2D eigenvalue weighted by Gasteiger charge is -2.19. The number of aliphatic hydroxyl groups excluding tert-OH is 1. The Hall–Kier alpha value is -1.64. The van der Waals surface area contributed by atoms with Gasteiger partial charge in [-0.05, 0) is 44.2 Å². The largest absolute Gasteiger partial charge is 0.392 e. The summed E-state index contributed by atoms with van der Waals surface area (Å²) in [5.41, 5.74) is 8.59. The molecule has 1 aliphatic rings. The fourth-order valence-corrected chi connectivity index (χ4v) is 2.24. The summed E-state index contributed by atoms with van der Waals surface area (Å²) in [5.74, 6) is 0.583. The molecule has 1 aromatic rings. The van der Waals surface area contributed by atoms with Crippen molar-refractivity contribution < 1.29 is 5.11 Å². The predicted octanol–water partition coefficient (Wildman–Crippen LogP) is 0.952. The lowest BCUT2D eigenvalue weighted by atomic mass is 9.95. The third-order valence-electron chi connectivity index (χ3n) is 3.55. The molecular weight excluding hydrogens is 240 g/mol. The van der Waals surface area contributed by atoms with Gasteiger partial charge in [0.15, 0.2) is 0 Å². The van der Waals surface area contributed by atoms with Crippen LogP contribution in [-0.4, -0.2) is 28.8 Å². The van der Waals surface area contributed by atoms with Gasteiger partial charge in [0.1, 0.15) is 11.9 Å². The fraction of sp³-hybridized carbons (Fsp3) is 0.571. The van der Waals surface area contributed by atoms with Gasteiger partial charge in [-0.25, -0.2) is 4.98 Å². The average molecular weight is 260 g/mol. The second-order valence-corrected chi connectivity index (χ2v) is 5.09. The van der Waals surface area contributed by atoms with Crippen LogP contribution in [0, 0.1) is 11.3 Å². The van der Waals surface area contributed by atoms with E-state index in [2.05, 4.69) is 16.4 Å². The first-order valence-electron chi connectivity index (χ1n) is 6.72. The minimum Gasteiger partial charge on any atom is -0.392 e. The van der Waals surface area contributed by atoms with Crippen LogP contribution in [0.2, 0.25) is 0 Å². The number of nitrogens with zero attached hydrogens (tertiary/aromatic N) is 2. The number of fused-ring (bicyclic) bond motifs is 1. The zero-order valence-corrected chi connectivity index (χ0v) is 11.2. The maximum absolute atomic E-state index is 9.37. The van der Waals surface area contributed by atoms with E-state index in [1.54, 1.807) is 6.92 Å². The van der Waals surface area contributed by atoms with Crippen molar-refractivity contribution >= 4 is 5.82 Å². The molecule has 1 aliphatic carbocycles. The lowest BCUT2D eigenvalue weighted by molar-refractivity contribution is 0.168. The van der Waals surface area contributed by atoms with Crippen LogP contribution in [0.1, 0.15) is 36.6 Å². The molecule has 0 spiro atoms. The van der Waals surface area contributed by atoms with E-state index >= 15 is 0 Å². The van der Waals surface area contributed by atoms with Crippen molar-refractivity contribution in [1.82, 2.24) is 4.98 Å². The van der Waals surface area contributed by atoms with Gasteiger partial charge in [-0.2, -0.15) is 5.26 Å². The molecular formula is C14H20N4O. The van der Waals surface area contributed by atoms with E-state index in [9.17, 15) is 10.4 Å². The highest BCUT2D eigenvalue weighted by Crippen LogP contribution is 2.24. The topological polar surface area (TPSA) is 95.0 Å². The number of aliphatic hydroxyl groups is 1. The number of anilines is 1. The first-order valence-corrected chi connectivity index (χ1v) is 6.72. The monoisotopic (exact) mass is 260 g/mol. The Labute approximate surface area is 113 Å². The molecule has 5 nitrogen and oxygen atoms in total. The summed E-state index contributed by atoms with van der Waals surface area (Å²) in [6, 6.07) is 3.73. The van der Waals surface area contributed by atoms with Gasteiger partial charge in [0.25, 0.3) is 0 Å². The van der Waals surface area contributed by atoms with E-state index in [1.807, 2.05) is 6.07 Å². The van der Waals surface area contributed by atoms with Crippen molar-refractivity contribution in [2.45, 2.75) is 44.8 Å². The second-order valence-electron chi connectivity index (χ2n) is 5.09. The van der Waals surface area contributed by atoms with Crippen molar-refractivity contribution in [2.24, 2.45) is 5.73 Å². The van der Waals surface area contributed by atoms with Gasteiger partial charge in [-0.15, -0.1) is 0 Å². The molecule has 0 saturated heterocycles. The number of hydrogen-bond acceptors (Lipinski definition) is 5. The molecule has 0 aromatic carbocycles. The summed E-state index contributed by atoms with van der Waals surface area (Å²) in [5, 5.41) is 21.6. The molecule has 102 valence electrons. The van der Waals surface area contributed by atoms with Crippen LogP contribution < -0.4 is 11.1 Å². The maximum Gasteiger partial charge on any atom is 0.144 e. The molecule has 0 fully saturated rings. The number of nitrogens with one attached hydrogen (secondary N) is 1. The Morgan fingerprint density at radius 3 is 2.95 bits per heavy atom. The number of nitrogens with two attached hydrogens (primary N) is 1. The van der Waals surface area contributed by atoms with Gasteiger partial charge < -0.3 is 16.2 Å². The molecule has 0 radical (unpaired) electrons. The van der Waals surface area contributed by atoms with Crippen LogP contribution in [0.4, 0.5) is 5.82 Å².